The lowest BCUT2D eigenvalue weighted by Gasteiger charge is -2.33. The smallest absolute Gasteiger partial charge is 0.264 e. The Morgan fingerprint density at radius 3 is 2.10 bits per heavy atom. The van der Waals surface area contributed by atoms with Crippen molar-refractivity contribution in [2.24, 2.45) is 0 Å². The molecule has 0 saturated carbocycles. The maximum absolute atomic E-state index is 14.1. The van der Waals surface area contributed by atoms with Gasteiger partial charge in [0.2, 0.25) is 11.8 Å². The van der Waals surface area contributed by atoms with Crippen LogP contribution in [-0.4, -0.2) is 44.3 Å². The molecule has 2 amide bonds. The number of sulfonamides is 1. The van der Waals surface area contributed by atoms with E-state index in [1.54, 1.807) is 56.3 Å². The fraction of sp³-hybridized carbons (Fsp3) is 0.333. The number of anilines is 1. The summed E-state index contributed by atoms with van der Waals surface area (Å²) in [6, 6.07) is 15.2. The quantitative estimate of drug-likeness (QED) is 0.237. The number of nitrogens with zero attached hydrogens (tertiary/aromatic N) is 2. The van der Waals surface area contributed by atoms with E-state index in [-0.39, 0.29) is 29.5 Å². The predicted molar refractivity (Wildman–Crippen MR) is 166 cm³/mol. The van der Waals surface area contributed by atoms with E-state index < -0.39 is 28.5 Å². The van der Waals surface area contributed by atoms with Crippen LogP contribution in [0.4, 0.5) is 5.69 Å². The van der Waals surface area contributed by atoms with E-state index >= 15 is 0 Å². The number of aryl methyl sites for hydroxylation is 2. The van der Waals surface area contributed by atoms with E-state index in [1.807, 2.05) is 13.8 Å². The monoisotopic (exact) mass is 637 g/mol. The van der Waals surface area contributed by atoms with Crippen LogP contribution in [0.2, 0.25) is 15.1 Å². The van der Waals surface area contributed by atoms with E-state index in [0.717, 1.165) is 15.4 Å². The first-order valence-electron chi connectivity index (χ1n) is 13.3. The lowest BCUT2D eigenvalue weighted by atomic mass is 10.1. The van der Waals surface area contributed by atoms with Gasteiger partial charge in [-0.2, -0.15) is 0 Å². The van der Waals surface area contributed by atoms with Gasteiger partial charge in [-0.25, -0.2) is 8.42 Å². The summed E-state index contributed by atoms with van der Waals surface area (Å²) in [6.07, 6.45) is 0.994. The zero-order valence-corrected chi connectivity index (χ0v) is 26.5. The highest BCUT2D eigenvalue weighted by molar-refractivity contribution is 7.92. The van der Waals surface area contributed by atoms with Gasteiger partial charge >= 0.3 is 0 Å². The van der Waals surface area contributed by atoms with E-state index in [0.29, 0.717) is 33.6 Å². The van der Waals surface area contributed by atoms with Gasteiger partial charge < -0.3 is 10.2 Å². The molecule has 41 heavy (non-hydrogen) atoms. The lowest BCUT2D eigenvalue weighted by Crippen LogP contribution is -2.52. The van der Waals surface area contributed by atoms with Crippen molar-refractivity contribution >= 4 is 62.3 Å². The predicted octanol–water partition coefficient (Wildman–Crippen LogP) is 6.79. The molecule has 0 heterocycles. The number of hydrogen-bond donors (Lipinski definition) is 1. The minimum atomic E-state index is -4.21. The zero-order valence-electron chi connectivity index (χ0n) is 23.5. The molecular formula is C30H34Cl3N3O4S. The van der Waals surface area contributed by atoms with Crippen LogP contribution in [0.5, 0.6) is 0 Å². The van der Waals surface area contributed by atoms with Crippen LogP contribution >= 0.6 is 34.8 Å². The maximum Gasteiger partial charge on any atom is 0.264 e. The Labute approximate surface area is 257 Å². The van der Waals surface area contributed by atoms with Crippen LogP contribution in [0.15, 0.2) is 65.6 Å². The number of hydrogen-bond acceptors (Lipinski definition) is 4. The van der Waals surface area contributed by atoms with E-state index in [4.69, 9.17) is 34.8 Å². The van der Waals surface area contributed by atoms with Crippen molar-refractivity contribution in [3.8, 4) is 0 Å². The number of rotatable bonds is 12. The number of benzene rings is 3. The second-order valence-electron chi connectivity index (χ2n) is 9.70. The SMILES string of the molecule is CCCNC(=O)[C@@H](CC)N(Cc1c(Cl)cccc1Cl)C(=O)CN(c1ccc(C)c(Cl)c1)S(=O)(=O)c1ccc(C)cc1. The molecule has 3 aromatic rings. The Kier molecular flexibility index (Phi) is 11.5. The summed E-state index contributed by atoms with van der Waals surface area (Å²) in [5, 5.41) is 3.85. The van der Waals surface area contributed by atoms with E-state index in [2.05, 4.69) is 5.32 Å². The van der Waals surface area contributed by atoms with Gasteiger partial charge in [0.1, 0.15) is 12.6 Å². The highest BCUT2D eigenvalue weighted by Crippen LogP contribution is 2.30. The Morgan fingerprint density at radius 1 is 0.902 bits per heavy atom. The molecule has 0 bridgehead atoms. The largest absolute Gasteiger partial charge is 0.354 e. The third kappa shape index (κ3) is 7.95. The molecule has 0 aliphatic carbocycles. The van der Waals surface area contributed by atoms with Gasteiger partial charge in [0.25, 0.3) is 10.0 Å². The molecule has 0 aromatic heterocycles. The van der Waals surface area contributed by atoms with Crippen molar-refractivity contribution in [1.82, 2.24) is 10.2 Å². The van der Waals surface area contributed by atoms with Gasteiger partial charge in [-0.1, -0.05) is 78.5 Å². The minimum absolute atomic E-state index is 0.0148. The first-order valence-corrected chi connectivity index (χ1v) is 15.8. The zero-order chi connectivity index (χ0) is 30.3. The average Bonchev–Trinajstić information content (AvgIpc) is 2.93. The number of halogens is 3. The van der Waals surface area contributed by atoms with Crippen LogP contribution in [0, 0.1) is 13.8 Å². The Bertz CT molecular complexity index is 1480. The summed E-state index contributed by atoms with van der Waals surface area (Å²) in [7, 11) is -4.21. The molecule has 0 fully saturated rings. The summed E-state index contributed by atoms with van der Waals surface area (Å²) >= 11 is 19.3. The fourth-order valence-electron chi connectivity index (χ4n) is 4.24. The molecule has 3 aromatic carbocycles. The van der Waals surface area contributed by atoms with Crippen LogP contribution in [0.1, 0.15) is 43.4 Å². The third-order valence-corrected chi connectivity index (χ3v) is 9.56. The second kappa shape index (κ2) is 14.4. The normalized spacial score (nSPS) is 12.1. The summed E-state index contributed by atoms with van der Waals surface area (Å²) in [6.45, 7) is 7.10. The Balaban J connectivity index is 2.11. The summed E-state index contributed by atoms with van der Waals surface area (Å²) in [5.41, 5.74) is 2.31. The Hall–Kier alpha value is -2.78. The fourth-order valence-corrected chi connectivity index (χ4v) is 6.34. The first kappa shape index (κ1) is 32.7. The number of nitrogens with one attached hydrogen (secondary N) is 1. The van der Waals surface area contributed by atoms with E-state index in [9.17, 15) is 18.0 Å². The van der Waals surface area contributed by atoms with Crippen molar-refractivity contribution < 1.29 is 18.0 Å². The van der Waals surface area contributed by atoms with Crippen molar-refractivity contribution in [1.29, 1.82) is 0 Å². The maximum atomic E-state index is 14.1. The molecule has 0 aliphatic heterocycles. The molecule has 0 radical (unpaired) electrons. The van der Waals surface area contributed by atoms with Gasteiger partial charge in [0.05, 0.1) is 10.6 Å². The van der Waals surface area contributed by atoms with Crippen LogP contribution in [0.25, 0.3) is 0 Å². The Morgan fingerprint density at radius 2 is 1.54 bits per heavy atom. The molecule has 220 valence electrons. The molecule has 0 spiro atoms. The number of carbonyl (C=O) groups is 2. The van der Waals surface area contributed by atoms with Crippen LogP contribution in [-0.2, 0) is 26.2 Å². The molecule has 0 unspecified atom stereocenters. The van der Waals surface area contributed by atoms with Gasteiger partial charge in [-0.05, 0) is 68.7 Å². The first-order chi connectivity index (χ1) is 19.4. The number of carbonyl (C=O) groups excluding carboxylic acids is 2. The van der Waals surface area contributed by atoms with Crippen molar-refractivity contribution in [3.63, 3.8) is 0 Å². The van der Waals surface area contributed by atoms with E-state index in [1.165, 1.54) is 23.1 Å². The van der Waals surface area contributed by atoms with Crippen LogP contribution < -0.4 is 9.62 Å². The molecule has 11 heteroatoms. The summed E-state index contributed by atoms with van der Waals surface area (Å²) < 4.78 is 29.0. The summed E-state index contributed by atoms with van der Waals surface area (Å²) in [4.78, 5) is 28.7. The molecule has 0 saturated heterocycles. The molecular weight excluding hydrogens is 605 g/mol. The standard InChI is InChI=1S/C30H34Cl3N3O4S/c1-5-16-34-30(38)28(6-2)35(18-24-25(31)8-7-9-26(24)32)29(37)19-36(22-13-12-21(4)27(33)17-22)41(39,40)23-14-10-20(3)11-15-23/h7-15,17,28H,5-6,16,18-19H2,1-4H3,(H,34,38)/t28-/m1/s1. The minimum Gasteiger partial charge on any atom is -0.354 e. The second-order valence-corrected chi connectivity index (χ2v) is 12.8. The number of amides is 2. The molecule has 1 atom stereocenters. The molecule has 0 aliphatic rings. The van der Waals surface area contributed by atoms with Gasteiger partial charge in [-0.3, -0.25) is 13.9 Å². The van der Waals surface area contributed by atoms with Crippen molar-refractivity contribution in [3.05, 3.63) is 92.4 Å². The van der Waals surface area contributed by atoms with Gasteiger partial charge in [0.15, 0.2) is 0 Å². The highest BCUT2D eigenvalue weighted by Gasteiger charge is 2.34. The third-order valence-electron chi connectivity index (χ3n) is 6.66. The van der Waals surface area contributed by atoms with Crippen LogP contribution in [0.3, 0.4) is 0 Å². The lowest BCUT2D eigenvalue weighted by molar-refractivity contribution is -0.140. The molecule has 7 nitrogen and oxygen atoms in total. The summed E-state index contributed by atoms with van der Waals surface area (Å²) in [5.74, 6) is -0.955. The van der Waals surface area contributed by atoms with Crippen molar-refractivity contribution in [2.75, 3.05) is 17.4 Å². The topological polar surface area (TPSA) is 86.8 Å². The molecule has 3 rings (SSSR count). The highest BCUT2D eigenvalue weighted by atomic mass is 35.5. The van der Waals surface area contributed by atoms with Gasteiger partial charge in [0, 0.05) is 33.7 Å². The molecule has 1 N–H and O–H groups in total. The van der Waals surface area contributed by atoms with Crippen molar-refractivity contribution in [2.45, 2.75) is 58.0 Å². The van der Waals surface area contributed by atoms with Gasteiger partial charge in [-0.15, -0.1) is 0 Å². The average molecular weight is 639 g/mol.